The molecular weight excluding hydrogens is 913 g/mol. The van der Waals surface area contributed by atoms with E-state index < -0.39 is 6.10 Å². The summed E-state index contributed by atoms with van der Waals surface area (Å²) in [6, 6.07) is 0. The average molecular weight is 1030 g/mol. The third-order valence-corrected chi connectivity index (χ3v) is 13.6. The van der Waals surface area contributed by atoms with Crippen molar-refractivity contribution >= 4 is 17.9 Å². The molecule has 6 heteroatoms. The van der Waals surface area contributed by atoms with Crippen LogP contribution in [0.25, 0.3) is 0 Å². The molecule has 0 aromatic carbocycles. The Morgan fingerprint density at radius 2 is 0.527 bits per heavy atom. The van der Waals surface area contributed by atoms with Crippen LogP contribution >= 0.6 is 0 Å². The molecule has 1 unspecified atom stereocenters. The van der Waals surface area contributed by atoms with E-state index in [2.05, 4.69) is 106 Å². The summed E-state index contributed by atoms with van der Waals surface area (Å²) in [6.45, 7) is 6.50. The predicted octanol–water partition coefficient (Wildman–Crippen LogP) is 21.5. The second-order valence-electron chi connectivity index (χ2n) is 20.9. The molecule has 0 aliphatic heterocycles. The molecule has 0 N–H and O–H groups in total. The minimum absolute atomic E-state index is 0.0804. The summed E-state index contributed by atoms with van der Waals surface area (Å²) >= 11 is 0. The molecule has 0 aliphatic rings. The van der Waals surface area contributed by atoms with Crippen LogP contribution < -0.4 is 0 Å². The van der Waals surface area contributed by atoms with Crippen LogP contribution in [0.2, 0.25) is 0 Å². The number of hydrogen-bond donors (Lipinski definition) is 0. The normalized spacial score (nSPS) is 12.6. The van der Waals surface area contributed by atoms with E-state index in [0.717, 1.165) is 109 Å². The number of carbonyl (C=O) groups is 3. The van der Waals surface area contributed by atoms with Crippen molar-refractivity contribution < 1.29 is 28.6 Å². The number of hydrogen-bond acceptors (Lipinski definition) is 6. The lowest BCUT2D eigenvalue weighted by Gasteiger charge is -2.18. The van der Waals surface area contributed by atoms with Crippen molar-refractivity contribution in [1.29, 1.82) is 0 Å². The van der Waals surface area contributed by atoms with Crippen LogP contribution in [0.5, 0.6) is 0 Å². The maximum Gasteiger partial charge on any atom is 0.306 e. The zero-order valence-electron chi connectivity index (χ0n) is 48.8. The minimum atomic E-state index is -0.782. The highest BCUT2D eigenvalue weighted by Gasteiger charge is 2.19. The highest BCUT2D eigenvalue weighted by molar-refractivity contribution is 5.71. The maximum absolute atomic E-state index is 12.8. The van der Waals surface area contributed by atoms with Crippen LogP contribution in [0.15, 0.2) is 85.1 Å². The second-order valence-corrected chi connectivity index (χ2v) is 20.9. The lowest BCUT2D eigenvalue weighted by atomic mass is 10.0. The molecular formula is C68H118O6. The molecule has 0 saturated heterocycles. The molecule has 0 amide bonds. The summed E-state index contributed by atoms with van der Waals surface area (Å²) < 4.78 is 16.8. The van der Waals surface area contributed by atoms with Gasteiger partial charge in [0, 0.05) is 19.3 Å². The van der Waals surface area contributed by atoms with E-state index >= 15 is 0 Å². The molecule has 0 spiro atoms. The fourth-order valence-corrected chi connectivity index (χ4v) is 8.91. The van der Waals surface area contributed by atoms with Gasteiger partial charge in [-0.1, -0.05) is 279 Å². The molecule has 0 radical (unpaired) electrons. The van der Waals surface area contributed by atoms with Crippen LogP contribution in [0, 0.1) is 0 Å². The molecule has 0 aromatic heterocycles. The lowest BCUT2D eigenvalue weighted by molar-refractivity contribution is -0.167. The monoisotopic (exact) mass is 1030 g/mol. The smallest absolute Gasteiger partial charge is 0.306 e. The Morgan fingerprint density at radius 1 is 0.284 bits per heavy atom. The molecule has 0 bridgehead atoms. The Bertz CT molecular complexity index is 1420. The zero-order valence-corrected chi connectivity index (χ0v) is 48.8. The van der Waals surface area contributed by atoms with E-state index in [-0.39, 0.29) is 31.1 Å². The molecule has 74 heavy (non-hydrogen) atoms. The molecule has 0 fully saturated rings. The fraction of sp³-hybridized carbons (Fsp3) is 0.750. The summed E-state index contributed by atoms with van der Waals surface area (Å²) in [5.74, 6) is -0.890. The number of carbonyl (C=O) groups excluding carboxylic acids is 3. The molecule has 0 saturated carbocycles. The first kappa shape index (κ1) is 70.6. The SMILES string of the molecule is CC/C=C\C/C=C\C/C=C\C/C=C\CCCCCCCCC(=O)OC(COC(=O)CCCCCCCCCC)COC(=O)CCCCCCCCCCCCCCCC/C=C\C/C=C\C/C=C\CCCCCCC. The van der Waals surface area contributed by atoms with Crippen molar-refractivity contribution in [2.75, 3.05) is 13.2 Å². The van der Waals surface area contributed by atoms with E-state index in [1.54, 1.807) is 0 Å². The number of rotatable bonds is 57. The lowest BCUT2D eigenvalue weighted by Crippen LogP contribution is -2.30. The largest absolute Gasteiger partial charge is 0.462 e. The van der Waals surface area contributed by atoms with Gasteiger partial charge in [-0.15, -0.1) is 0 Å². The Balaban J connectivity index is 4.15. The first-order chi connectivity index (χ1) is 36.5. The second kappa shape index (κ2) is 62.1. The van der Waals surface area contributed by atoms with Gasteiger partial charge < -0.3 is 14.2 Å². The van der Waals surface area contributed by atoms with Crippen LogP contribution in [-0.4, -0.2) is 37.2 Å². The van der Waals surface area contributed by atoms with Gasteiger partial charge in [0.2, 0.25) is 0 Å². The average Bonchev–Trinajstić information content (AvgIpc) is 3.40. The Morgan fingerprint density at radius 3 is 0.824 bits per heavy atom. The Hall–Kier alpha value is -3.41. The van der Waals surface area contributed by atoms with Gasteiger partial charge >= 0.3 is 17.9 Å². The van der Waals surface area contributed by atoms with Crippen LogP contribution in [0.4, 0.5) is 0 Å². The van der Waals surface area contributed by atoms with Crippen LogP contribution in [0.1, 0.15) is 310 Å². The molecule has 0 aromatic rings. The number of unbranched alkanes of at least 4 members (excludes halogenated alkanes) is 32. The van der Waals surface area contributed by atoms with Crippen LogP contribution in [-0.2, 0) is 28.6 Å². The number of ether oxygens (including phenoxy) is 3. The Kier molecular flexibility index (Phi) is 59.3. The van der Waals surface area contributed by atoms with E-state index in [4.69, 9.17) is 14.2 Å². The summed E-state index contributed by atoms with van der Waals surface area (Å²) in [6.07, 6.45) is 81.8. The summed E-state index contributed by atoms with van der Waals surface area (Å²) in [7, 11) is 0. The van der Waals surface area contributed by atoms with Crippen molar-refractivity contribution in [2.45, 2.75) is 316 Å². The molecule has 0 aliphatic carbocycles. The highest BCUT2D eigenvalue weighted by atomic mass is 16.6. The van der Waals surface area contributed by atoms with Gasteiger partial charge in [-0.05, 0) is 96.3 Å². The van der Waals surface area contributed by atoms with E-state index in [0.29, 0.717) is 19.3 Å². The van der Waals surface area contributed by atoms with Gasteiger partial charge in [0.25, 0.3) is 0 Å². The zero-order chi connectivity index (χ0) is 53.6. The van der Waals surface area contributed by atoms with Crippen molar-refractivity contribution in [3.63, 3.8) is 0 Å². The summed E-state index contributed by atoms with van der Waals surface area (Å²) in [5, 5.41) is 0. The topological polar surface area (TPSA) is 78.9 Å². The van der Waals surface area contributed by atoms with E-state index in [1.165, 1.54) is 161 Å². The predicted molar refractivity (Wildman–Crippen MR) is 321 cm³/mol. The van der Waals surface area contributed by atoms with Crippen molar-refractivity contribution in [1.82, 2.24) is 0 Å². The highest BCUT2D eigenvalue weighted by Crippen LogP contribution is 2.16. The van der Waals surface area contributed by atoms with Gasteiger partial charge in [0.15, 0.2) is 6.10 Å². The Labute approximate surface area is 458 Å². The third kappa shape index (κ3) is 59.5. The first-order valence-electron chi connectivity index (χ1n) is 31.6. The van der Waals surface area contributed by atoms with Crippen molar-refractivity contribution in [2.24, 2.45) is 0 Å². The fourth-order valence-electron chi connectivity index (χ4n) is 8.91. The number of esters is 3. The third-order valence-electron chi connectivity index (χ3n) is 13.6. The van der Waals surface area contributed by atoms with E-state index in [9.17, 15) is 14.4 Å². The molecule has 426 valence electrons. The van der Waals surface area contributed by atoms with Gasteiger partial charge in [0.1, 0.15) is 13.2 Å². The quantitative estimate of drug-likeness (QED) is 0.0261. The number of allylic oxidation sites excluding steroid dienone is 14. The molecule has 0 rings (SSSR count). The van der Waals surface area contributed by atoms with Gasteiger partial charge in [0.05, 0.1) is 0 Å². The van der Waals surface area contributed by atoms with E-state index in [1.807, 2.05) is 0 Å². The van der Waals surface area contributed by atoms with Crippen molar-refractivity contribution in [3.05, 3.63) is 85.1 Å². The minimum Gasteiger partial charge on any atom is -0.462 e. The molecule has 0 heterocycles. The first-order valence-corrected chi connectivity index (χ1v) is 31.6. The van der Waals surface area contributed by atoms with Crippen molar-refractivity contribution in [3.8, 4) is 0 Å². The van der Waals surface area contributed by atoms with Gasteiger partial charge in [-0.2, -0.15) is 0 Å². The summed E-state index contributed by atoms with van der Waals surface area (Å²) in [4.78, 5) is 38.1. The van der Waals surface area contributed by atoms with Gasteiger partial charge in [-0.3, -0.25) is 14.4 Å². The van der Waals surface area contributed by atoms with Gasteiger partial charge in [-0.25, -0.2) is 0 Å². The standard InChI is InChI=1S/C68H118O6/c1-4-7-10-13-16-19-21-23-25-27-29-30-31-32-33-34-35-36-37-38-40-41-43-45-47-49-52-55-58-61-67(70)73-64-65(63-72-66(69)60-57-54-51-18-15-12-9-6-3)74-68(71)62-59-56-53-50-48-46-44-42-39-28-26-24-22-20-17-14-11-8-5-2/h8,11,17,20-21,23-24,26-27,29,31-32,39,42,65H,4-7,9-10,12-16,18-19,22,25,28,30,33-38,40-41,43-64H2,1-3H3/b11-8-,20-17-,23-21-,26-24-,29-27-,32-31-,42-39-. The van der Waals surface area contributed by atoms with Crippen LogP contribution in [0.3, 0.4) is 0 Å². The molecule has 6 nitrogen and oxygen atoms in total. The molecule has 1 atom stereocenters. The summed E-state index contributed by atoms with van der Waals surface area (Å²) in [5.41, 5.74) is 0. The maximum atomic E-state index is 12.8.